The zero-order chi connectivity index (χ0) is 13.1. The molecule has 19 heavy (non-hydrogen) atoms. The highest BCUT2D eigenvalue weighted by atomic mass is 16.5. The first kappa shape index (κ1) is 12.0. The van der Waals surface area contributed by atoms with Crippen molar-refractivity contribution in [1.82, 2.24) is 14.9 Å². The Hall–Kier alpha value is -2.01. The van der Waals surface area contributed by atoms with Crippen molar-refractivity contribution < 1.29 is 4.74 Å². The van der Waals surface area contributed by atoms with Crippen LogP contribution in [0.4, 0.5) is 5.95 Å². The van der Waals surface area contributed by atoms with E-state index in [0.29, 0.717) is 0 Å². The maximum Gasteiger partial charge on any atom is 0.210 e. The summed E-state index contributed by atoms with van der Waals surface area (Å²) in [4.78, 5) is 6.79. The molecule has 5 nitrogen and oxygen atoms in total. The maximum atomic E-state index is 5.43. The van der Waals surface area contributed by atoms with Gasteiger partial charge in [-0.3, -0.25) is 4.57 Å². The number of ether oxygens (including phenoxy) is 1. The van der Waals surface area contributed by atoms with Gasteiger partial charge in [0.1, 0.15) is 5.75 Å². The van der Waals surface area contributed by atoms with Crippen LogP contribution in [0.5, 0.6) is 5.75 Å². The standard InChI is InChI=1S/C14H18N4O/c1-19-13-5-3-2-4-12(13)18-11-8-16-14(18)17-9-6-15-7-10-17/h2-5,8,11,15H,6-7,9-10H2,1H3. The monoisotopic (exact) mass is 258 g/mol. The molecule has 1 saturated heterocycles. The van der Waals surface area contributed by atoms with E-state index in [1.54, 1.807) is 7.11 Å². The number of nitrogens with one attached hydrogen (secondary N) is 1. The second-order valence-corrected chi connectivity index (χ2v) is 4.51. The summed E-state index contributed by atoms with van der Waals surface area (Å²) in [5.74, 6) is 1.84. The zero-order valence-corrected chi connectivity index (χ0v) is 11.0. The minimum Gasteiger partial charge on any atom is -0.495 e. The number of nitrogens with zero attached hydrogens (tertiary/aromatic N) is 3. The maximum absolute atomic E-state index is 5.43. The van der Waals surface area contributed by atoms with Gasteiger partial charge in [0.25, 0.3) is 0 Å². The van der Waals surface area contributed by atoms with Crippen molar-refractivity contribution in [2.45, 2.75) is 0 Å². The normalized spacial score (nSPS) is 15.5. The molecule has 100 valence electrons. The molecule has 0 saturated carbocycles. The molecule has 0 radical (unpaired) electrons. The van der Waals surface area contributed by atoms with Gasteiger partial charge in [0.15, 0.2) is 0 Å². The van der Waals surface area contributed by atoms with Gasteiger partial charge >= 0.3 is 0 Å². The Labute approximate surface area is 112 Å². The van der Waals surface area contributed by atoms with E-state index in [0.717, 1.165) is 43.6 Å². The fourth-order valence-corrected chi connectivity index (χ4v) is 2.41. The Bertz CT molecular complexity index is 546. The Balaban J connectivity index is 1.99. The minimum atomic E-state index is 0.858. The molecule has 1 fully saturated rings. The van der Waals surface area contributed by atoms with E-state index >= 15 is 0 Å². The first-order valence-corrected chi connectivity index (χ1v) is 6.52. The average molecular weight is 258 g/mol. The van der Waals surface area contributed by atoms with Crippen LogP contribution in [-0.2, 0) is 0 Å². The highest BCUT2D eigenvalue weighted by Gasteiger charge is 2.17. The van der Waals surface area contributed by atoms with E-state index in [4.69, 9.17) is 4.74 Å². The lowest BCUT2D eigenvalue weighted by Crippen LogP contribution is -2.44. The molecule has 1 aromatic heterocycles. The number of hydrogen-bond acceptors (Lipinski definition) is 4. The molecule has 1 aliphatic rings. The van der Waals surface area contributed by atoms with E-state index in [9.17, 15) is 0 Å². The highest BCUT2D eigenvalue weighted by molar-refractivity contribution is 5.52. The Kier molecular flexibility index (Phi) is 3.37. The lowest BCUT2D eigenvalue weighted by molar-refractivity contribution is 0.412. The van der Waals surface area contributed by atoms with Crippen molar-refractivity contribution in [2.24, 2.45) is 0 Å². The van der Waals surface area contributed by atoms with Crippen LogP contribution < -0.4 is 15.0 Å². The summed E-state index contributed by atoms with van der Waals surface area (Å²) in [5.41, 5.74) is 1.02. The molecule has 0 unspecified atom stereocenters. The predicted molar refractivity (Wildman–Crippen MR) is 75.2 cm³/mol. The minimum absolute atomic E-state index is 0.858. The molecular formula is C14H18N4O. The number of piperazine rings is 1. The third-order valence-electron chi connectivity index (χ3n) is 3.37. The van der Waals surface area contributed by atoms with Crippen molar-refractivity contribution in [3.63, 3.8) is 0 Å². The van der Waals surface area contributed by atoms with Crippen LogP contribution in [0.15, 0.2) is 36.7 Å². The van der Waals surface area contributed by atoms with E-state index in [1.165, 1.54) is 0 Å². The molecule has 0 bridgehead atoms. The van der Waals surface area contributed by atoms with Crippen molar-refractivity contribution in [3.8, 4) is 11.4 Å². The number of hydrogen-bond donors (Lipinski definition) is 1. The van der Waals surface area contributed by atoms with Crippen molar-refractivity contribution >= 4 is 5.95 Å². The van der Waals surface area contributed by atoms with Crippen LogP contribution in [0.1, 0.15) is 0 Å². The zero-order valence-electron chi connectivity index (χ0n) is 11.0. The second kappa shape index (κ2) is 5.32. The van der Waals surface area contributed by atoms with E-state index in [2.05, 4.69) is 19.8 Å². The van der Waals surface area contributed by atoms with Crippen LogP contribution >= 0.6 is 0 Å². The summed E-state index contributed by atoms with van der Waals surface area (Å²) in [6, 6.07) is 8.01. The Morgan fingerprint density at radius 2 is 2.00 bits per heavy atom. The third kappa shape index (κ3) is 2.29. The van der Waals surface area contributed by atoms with Gasteiger partial charge in [0.05, 0.1) is 12.8 Å². The summed E-state index contributed by atoms with van der Waals surface area (Å²) in [6.45, 7) is 3.95. The van der Waals surface area contributed by atoms with Crippen molar-refractivity contribution in [3.05, 3.63) is 36.7 Å². The third-order valence-corrected chi connectivity index (χ3v) is 3.37. The lowest BCUT2D eigenvalue weighted by Gasteiger charge is -2.29. The number of imidazole rings is 1. The van der Waals surface area contributed by atoms with Gasteiger partial charge in [-0.15, -0.1) is 0 Å². The highest BCUT2D eigenvalue weighted by Crippen LogP contribution is 2.26. The van der Waals surface area contributed by atoms with Gasteiger partial charge in [-0.2, -0.15) is 0 Å². The smallest absolute Gasteiger partial charge is 0.210 e. The summed E-state index contributed by atoms with van der Waals surface area (Å²) >= 11 is 0. The van der Waals surface area contributed by atoms with Gasteiger partial charge in [-0.1, -0.05) is 12.1 Å². The molecular weight excluding hydrogens is 240 g/mol. The van der Waals surface area contributed by atoms with Crippen LogP contribution in [0.25, 0.3) is 5.69 Å². The predicted octanol–water partition coefficient (Wildman–Crippen LogP) is 1.29. The number of methoxy groups -OCH3 is 1. The number of rotatable bonds is 3. The molecule has 2 aromatic rings. The van der Waals surface area contributed by atoms with Crippen molar-refractivity contribution in [1.29, 1.82) is 0 Å². The molecule has 3 rings (SSSR count). The van der Waals surface area contributed by atoms with Gasteiger partial charge in [-0.25, -0.2) is 4.98 Å². The summed E-state index contributed by atoms with van der Waals surface area (Å²) in [6.07, 6.45) is 3.82. The summed E-state index contributed by atoms with van der Waals surface area (Å²) in [7, 11) is 1.69. The van der Waals surface area contributed by atoms with Crippen LogP contribution in [0, 0.1) is 0 Å². The molecule has 1 aliphatic heterocycles. The van der Waals surface area contributed by atoms with Gasteiger partial charge in [-0.05, 0) is 12.1 Å². The van der Waals surface area contributed by atoms with Gasteiger partial charge in [0, 0.05) is 38.6 Å². The average Bonchev–Trinajstić information content (AvgIpc) is 2.97. The molecule has 2 heterocycles. The van der Waals surface area contributed by atoms with Crippen molar-refractivity contribution in [2.75, 3.05) is 38.2 Å². The summed E-state index contributed by atoms with van der Waals surface area (Å²) in [5, 5.41) is 3.36. The van der Waals surface area contributed by atoms with E-state index in [-0.39, 0.29) is 0 Å². The lowest BCUT2D eigenvalue weighted by atomic mass is 10.3. The van der Waals surface area contributed by atoms with E-state index < -0.39 is 0 Å². The fourth-order valence-electron chi connectivity index (χ4n) is 2.41. The molecule has 0 amide bonds. The number of aromatic nitrogens is 2. The number of para-hydroxylation sites is 2. The SMILES string of the molecule is COc1ccccc1-n1ccnc1N1CCNCC1. The second-order valence-electron chi connectivity index (χ2n) is 4.51. The van der Waals surface area contributed by atoms with Gasteiger partial charge < -0.3 is 15.0 Å². The molecule has 0 spiro atoms. The quantitative estimate of drug-likeness (QED) is 0.901. The molecule has 1 N–H and O–H groups in total. The van der Waals surface area contributed by atoms with Crippen LogP contribution in [0.3, 0.4) is 0 Å². The number of benzene rings is 1. The van der Waals surface area contributed by atoms with Crippen LogP contribution in [-0.4, -0.2) is 42.8 Å². The molecule has 5 heteroatoms. The Morgan fingerprint density at radius 1 is 1.21 bits per heavy atom. The molecule has 0 atom stereocenters. The van der Waals surface area contributed by atoms with Gasteiger partial charge in [0.2, 0.25) is 5.95 Å². The molecule has 0 aliphatic carbocycles. The fraction of sp³-hybridized carbons (Fsp3) is 0.357. The summed E-state index contributed by atoms with van der Waals surface area (Å²) < 4.78 is 7.52. The first-order chi connectivity index (χ1) is 9.40. The first-order valence-electron chi connectivity index (χ1n) is 6.52. The van der Waals surface area contributed by atoms with Crippen LogP contribution in [0.2, 0.25) is 0 Å². The largest absolute Gasteiger partial charge is 0.495 e. The topological polar surface area (TPSA) is 42.3 Å². The van der Waals surface area contributed by atoms with E-state index in [1.807, 2.05) is 36.7 Å². The molecule has 1 aromatic carbocycles. The Morgan fingerprint density at radius 3 is 2.79 bits per heavy atom. The number of anilines is 1.